The van der Waals surface area contributed by atoms with E-state index in [-0.39, 0.29) is 11.5 Å². The van der Waals surface area contributed by atoms with Crippen LogP contribution in [0.1, 0.15) is 21.6 Å². The molecule has 2 aromatic heterocycles. The summed E-state index contributed by atoms with van der Waals surface area (Å²) in [4.78, 5) is 12.7. The maximum absolute atomic E-state index is 13.8. The third-order valence-corrected chi connectivity index (χ3v) is 4.88. The summed E-state index contributed by atoms with van der Waals surface area (Å²) in [5.74, 6) is -0.825. The van der Waals surface area contributed by atoms with E-state index in [1.165, 1.54) is 6.07 Å². The summed E-state index contributed by atoms with van der Waals surface area (Å²) in [6, 6.07) is 11.7. The van der Waals surface area contributed by atoms with Crippen molar-refractivity contribution >= 4 is 38.6 Å². The van der Waals surface area contributed by atoms with Gasteiger partial charge in [0, 0.05) is 9.86 Å². The van der Waals surface area contributed by atoms with Crippen LogP contribution in [0.25, 0.3) is 16.6 Å². The van der Waals surface area contributed by atoms with E-state index < -0.39 is 23.3 Å². The zero-order valence-electron chi connectivity index (χ0n) is 14.9. The molecule has 2 aromatic carbocycles. The number of rotatable bonds is 3. The van der Waals surface area contributed by atoms with E-state index in [0.717, 1.165) is 15.4 Å². The third-order valence-electron chi connectivity index (χ3n) is 4.38. The number of alkyl halides is 3. The summed E-state index contributed by atoms with van der Waals surface area (Å²) in [6.07, 6.45) is -3.88. The molecule has 29 heavy (non-hydrogen) atoms. The van der Waals surface area contributed by atoms with Crippen molar-refractivity contribution in [1.82, 2.24) is 20.0 Å². The van der Waals surface area contributed by atoms with Gasteiger partial charge in [0.15, 0.2) is 11.5 Å². The number of hydrogen-bond donors (Lipinski definition) is 2. The minimum Gasteiger partial charge on any atom is -0.304 e. The fourth-order valence-electron chi connectivity index (χ4n) is 3.03. The smallest absolute Gasteiger partial charge is 0.304 e. The first-order valence-electron chi connectivity index (χ1n) is 8.42. The average Bonchev–Trinajstić information content (AvgIpc) is 3.26. The zero-order chi connectivity index (χ0) is 20.8. The number of aromatic nitrogens is 4. The Hall–Kier alpha value is -3.14. The van der Waals surface area contributed by atoms with Crippen LogP contribution in [-0.2, 0) is 6.18 Å². The van der Waals surface area contributed by atoms with Crippen molar-refractivity contribution in [3.63, 3.8) is 0 Å². The van der Waals surface area contributed by atoms with Crippen LogP contribution in [0.15, 0.2) is 53.1 Å². The topological polar surface area (TPSA) is 75.6 Å². The number of amides is 1. The number of carbonyl (C=O) groups excluding carboxylic acids is 1. The molecule has 148 valence electrons. The molecule has 0 radical (unpaired) electrons. The number of para-hydroxylation sites is 1. The van der Waals surface area contributed by atoms with Crippen LogP contribution in [0, 0.1) is 6.92 Å². The van der Waals surface area contributed by atoms with Crippen LogP contribution >= 0.6 is 15.9 Å². The molecular weight excluding hydrogens is 451 g/mol. The summed E-state index contributed by atoms with van der Waals surface area (Å²) in [7, 11) is 0. The third kappa shape index (κ3) is 3.51. The molecule has 10 heteroatoms. The molecule has 0 fully saturated rings. The lowest BCUT2D eigenvalue weighted by atomic mass is 10.1. The van der Waals surface area contributed by atoms with Gasteiger partial charge >= 0.3 is 6.18 Å². The molecule has 0 aliphatic heterocycles. The van der Waals surface area contributed by atoms with Crippen molar-refractivity contribution in [2.24, 2.45) is 0 Å². The monoisotopic (exact) mass is 463 g/mol. The summed E-state index contributed by atoms with van der Waals surface area (Å²) >= 11 is 3.32. The van der Waals surface area contributed by atoms with Crippen molar-refractivity contribution in [2.45, 2.75) is 13.1 Å². The molecule has 2 heterocycles. The fraction of sp³-hybridized carbons (Fsp3) is 0.105. The predicted octanol–water partition coefficient (Wildman–Crippen LogP) is 5.09. The van der Waals surface area contributed by atoms with Crippen LogP contribution in [0.2, 0.25) is 0 Å². The summed E-state index contributed by atoms with van der Waals surface area (Å²) in [6.45, 7) is 1.67. The van der Waals surface area contributed by atoms with Crippen LogP contribution in [-0.4, -0.2) is 25.9 Å². The minimum absolute atomic E-state index is 0.128. The van der Waals surface area contributed by atoms with E-state index in [9.17, 15) is 18.0 Å². The van der Waals surface area contributed by atoms with E-state index in [0.29, 0.717) is 16.5 Å². The van der Waals surface area contributed by atoms with Gasteiger partial charge in [0.05, 0.1) is 23.0 Å². The lowest BCUT2D eigenvalue weighted by molar-refractivity contribution is -0.143. The van der Waals surface area contributed by atoms with Gasteiger partial charge < -0.3 is 5.32 Å². The van der Waals surface area contributed by atoms with E-state index >= 15 is 0 Å². The van der Waals surface area contributed by atoms with Gasteiger partial charge in [0.1, 0.15) is 0 Å². The first kappa shape index (κ1) is 19.2. The molecule has 2 N–H and O–H groups in total. The second kappa shape index (κ2) is 7.03. The number of halogens is 4. The van der Waals surface area contributed by atoms with Gasteiger partial charge in [0.25, 0.3) is 5.91 Å². The molecule has 0 saturated carbocycles. The minimum atomic E-state index is -4.79. The number of aryl methyl sites for hydroxylation is 1. The molecule has 0 spiro atoms. The summed E-state index contributed by atoms with van der Waals surface area (Å²) in [5.41, 5.74) is -0.267. The zero-order valence-corrected chi connectivity index (χ0v) is 16.5. The molecular formula is C19H13BrF3N5O. The van der Waals surface area contributed by atoms with Crippen molar-refractivity contribution in [2.75, 3.05) is 5.32 Å². The van der Waals surface area contributed by atoms with Gasteiger partial charge in [-0.05, 0) is 36.8 Å². The number of fused-ring (bicyclic) bond motifs is 1. The quantitative estimate of drug-likeness (QED) is 0.444. The molecule has 0 atom stereocenters. The molecule has 4 aromatic rings. The van der Waals surface area contributed by atoms with Crippen molar-refractivity contribution in [3.05, 3.63) is 70.0 Å². The lowest BCUT2D eigenvalue weighted by Gasteiger charge is -2.14. The lowest BCUT2D eigenvalue weighted by Crippen LogP contribution is -2.21. The Kier molecular flexibility index (Phi) is 4.65. The normalized spacial score (nSPS) is 11.8. The highest BCUT2D eigenvalue weighted by atomic mass is 79.9. The Morgan fingerprint density at radius 3 is 2.69 bits per heavy atom. The maximum Gasteiger partial charge on any atom is 0.434 e. The largest absolute Gasteiger partial charge is 0.434 e. The van der Waals surface area contributed by atoms with Crippen LogP contribution in [0.5, 0.6) is 0 Å². The van der Waals surface area contributed by atoms with Gasteiger partial charge in [-0.2, -0.15) is 23.4 Å². The van der Waals surface area contributed by atoms with Gasteiger partial charge in [-0.15, -0.1) is 0 Å². The highest BCUT2D eigenvalue weighted by Gasteiger charge is 2.41. The highest BCUT2D eigenvalue weighted by molar-refractivity contribution is 9.10. The summed E-state index contributed by atoms with van der Waals surface area (Å²) < 4.78 is 43.0. The molecule has 1 amide bonds. The number of benzene rings is 2. The summed E-state index contributed by atoms with van der Waals surface area (Å²) in [5, 5.41) is 13.6. The van der Waals surface area contributed by atoms with Gasteiger partial charge in [-0.1, -0.05) is 34.1 Å². The Balaban J connectivity index is 1.77. The van der Waals surface area contributed by atoms with Crippen molar-refractivity contribution < 1.29 is 18.0 Å². The Labute approximate surface area is 170 Å². The Bertz CT molecular complexity index is 1230. The standard InChI is InChI=1S/C19H13BrF3N5O/c1-10-4-2-3-5-15(10)28-16(19(21,22)23)13(9-24-28)18(29)25-17-12-8-11(20)6-7-14(12)26-27-17/h2-9H,1H3,(H2,25,26,27,29). The molecule has 0 unspecified atom stereocenters. The van der Waals surface area contributed by atoms with Gasteiger partial charge in [-0.3, -0.25) is 9.89 Å². The van der Waals surface area contributed by atoms with Crippen molar-refractivity contribution in [1.29, 1.82) is 0 Å². The molecule has 0 aliphatic carbocycles. The number of nitrogens with zero attached hydrogens (tertiary/aromatic N) is 3. The predicted molar refractivity (Wildman–Crippen MR) is 105 cm³/mol. The molecule has 6 nitrogen and oxygen atoms in total. The van der Waals surface area contributed by atoms with Crippen LogP contribution < -0.4 is 5.32 Å². The Morgan fingerprint density at radius 1 is 1.21 bits per heavy atom. The maximum atomic E-state index is 13.8. The first-order valence-corrected chi connectivity index (χ1v) is 9.21. The number of aromatic amines is 1. The molecule has 0 saturated heterocycles. The van der Waals surface area contributed by atoms with Gasteiger partial charge in [-0.25, -0.2) is 4.68 Å². The van der Waals surface area contributed by atoms with E-state index in [2.05, 4.69) is 36.5 Å². The number of hydrogen-bond acceptors (Lipinski definition) is 3. The number of nitrogens with one attached hydrogen (secondary N) is 2. The number of anilines is 1. The number of H-pyrrole nitrogens is 1. The molecule has 0 bridgehead atoms. The van der Waals surface area contributed by atoms with Crippen LogP contribution in [0.3, 0.4) is 0 Å². The first-order chi connectivity index (χ1) is 13.8. The average molecular weight is 464 g/mol. The van der Waals surface area contributed by atoms with E-state index in [1.807, 2.05) is 0 Å². The van der Waals surface area contributed by atoms with Crippen LogP contribution in [0.4, 0.5) is 19.0 Å². The molecule has 4 rings (SSSR count). The van der Waals surface area contributed by atoms with E-state index in [4.69, 9.17) is 0 Å². The Morgan fingerprint density at radius 2 is 1.97 bits per heavy atom. The second-order valence-electron chi connectivity index (χ2n) is 6.32. The number of carbonyl (C=O) groups is 1. The highest BCUT2D eigenvalue weighted by Crippen LogP contribution is 2.35. The van der Waals surface area contributed by atoms with Crippen molar-refractivity contribution in [3.8, 4) is 5.69 Å². The van der Waals surface area contributed by atoms with E-state index in [1.54, 1.807) is 43.3 Å². The SMILES string of the molecule is Cc1ccccc1-n1ncc(C(=O)Nc2n[nH]c3ccc(Br)cc23)c1C(F)(F)F. The fourth-order valence-corrected chi connectivity index (χ4v) is 3.39. The van der Waals surface area contributed by atoms with Gasteiger partial charge in [0.2, 0.25) is 0 Å². The molecule has 0 aliphatic rings. The second-order valence-corrected chi connectivity index (χ2v) is 7.23.